The maximum atomic E-state index is 12.1. The van der Waals surface area contributed by atoms with Gasteiger partial charge in [0.05, 0.1) is 30.7 Å². The Balaban J connectivity index is 1.90. The highest BCUT2D eigenvalue weighted by atomic mass is 35.5. The number of hydrogen-bond donors (Lipinski definition) is 2. The number of amides is 1. The van der Waals surface area contributed by atoms with Gasteiger partial charge in [-0.15, -0.1) is 0 Å². The number of halogens is 4. The number of aromatic hydroxyl groups is 1. The van der Waals surface area contributed by atoms with Crippen molar-refractivity contribution in [1.82, 2.24) is 5.32 Å². The van der Waals surface area contributed by atoms with E-state index < -0.39 is 0 Å². The van der Waals surface area contributed by atoms with Crippen LogP contribution in [-0.4, -0.2) is 16.2 Å². The summed E-state index contributed by atoms with van der Waals surface area (Å²) in [6.45, 7) is 0. The lowest BCUT2D eigenvalue weighted by Gasteiger charge is -2.02. The van der Waals surface area contributed by atoms with E-state index in [4.69, 9.17) is 46.4 Å². The Bertz CT molecular complexity index is 921. The molecule has 2 aromatic rings. The van der Waals surface area contributed by atoms with Crippen molar-refractivity contribution in [1.29, 1.82) is 0 Å². The van der Waals surface area contributed by atoms with Gasteiger partial charge in [-0.2, -0.15) is 0 Å². The SMILES string of the molecule is O=C1NC(=Nc2cccc(Cl)c2Cl)SC1=Cc1cc(Cl)c(O)c(Cl)c1. The fraction of sp³-hybridized carbons (Fsp3) is 0. The first kappa shape index (κ1) is 18.4. The molecule has 9 heteroatoms. The molecule has 1 aliphatic heterocycles. The van der Waals surface area contributed by atoms with Gasteiger partial charge in [0.25, 0.3) is 5.91 Å². The number of amidine groups is 1. The van der Waals surface area contributed by atoms with Gasteiger partial charge in [0, 0.05) is 0 Å². The highest BCUT2D eigenvalue weighted by Gasteiger charge is 2.24. The Hall–Kier alpha value is -1.37. The van der Waals surface area contributed by atoms with Crippen LogP contribution in [0.4, 0.5) is 5.69 Å². The first-order chi connectivity index (χ1) is 11.8. The molecule has 0 radical (unpaired) electrons. The average molecular weight is 434 g/mol. The second-order valence-corrected chi connectivity index (χ2v) is 7.52. The summed E-state index contributed by atoms with van der Waals surface area (Å²) in [6, 6.07) is 8.07. The number of thioether (sulfide) groups is 1. The monoisotopic (exact) mass is 432 g/mol. The summed E-state index contributed by atoms with van der Waals surface area (Å²) in [7, 11) is 0. The van der Waals surface area contributed by atoms with Gasteiger partial charge in [-0.05, 0) is 47.7 Å². The summed E-state index contributed by atoms with van der Waals surface area (Å²) in [5.41, 5.74) is 1.03. The molecule has 1 amide bonds. The average Bonchev–Trinajstić information content (AvgIpc) is 2.89. The molecule has 25 heavy (non-hydrogen) atoms. The van der Waals surface area contributed by atoms with Gasteiger partial charge < -0.3 is 10.4 Å². The Morgan fingerprint density at radius 1 is 1.08 bits per heavy atom. The van der Waals surface area contributed by atoms with Crippen LogP contribution in [0.3, 0.4) is 0 Å². The number of carbonyl (C=O) groups is 1. The lowest BCUT2D eigenvalue weighted by atomic mass is 10.2. The summed E-state index contributed by atoms with van der Waals surface area (Å²) in [5.74, 6) is -0.519. The zero-order valence-electron chi connectivity index (χ0n) is 12.2. The molecule has 1 aliphatic rings. The second-order valence-electron chi connectivity index (χ2n) is 4.89. The van der Waals surface area contributed by atoms with E-state index in [1.54, 1.807) is 24.3 Å². The number of hydrogen-bond acceptors (Lipinski definition) is 4. The Kier molecular flexibility index (Phi) is 5.51. The van der Waals surface area contributed by atoms with Gasteiger partial charge in [-0.25, -0.2) is 4.99 Å². The number of nitrogens with one attached hydrogen (secondary N) is 1. The predicted octanol–water partition coefficient (Wildman–Crippen LogP) is 5.90. The third-order valence-corrected chi connectivity index (χ3v) is 5.44. The summed E-state index contributed by atoms with van der Waals surface area (Å²) < 4.78 is 0. The van der Waals surface area contributed by atoms with E-state index in [0.717, 1.165) is 11.8 Å². The Morgan fingerprint density at radius 3 is 2.44 bits per heavy atom. The molecule has 0 aliphatic carbocycles. The molecule has 1 saturated heterocycles. The highest BCUT2D eigenvalue weighted by molar-refractivity contribution is 8.18. The van der Waals surface area contributed by atoms with Crippen LogP contribution in [0.5, 0.6) is 5.75 Å². The topological polar surface area (TPSA) is 61.7 Å². The van der Waals surface area contributed by atoms with Crippen molar-refractivity contribution >= 4 is 81.0 Å². The summed E-state index contributed by atoms with van der Waals surface area (Å²) in [6.07, 6.45) is 1.60. The van der Waals surface area contributed by atoms with Crippen LogP contribution < -0.4 is 5.32 Å². The maximum Gasteiger partial charge on any atom is 0.264 e. The molecule has 2 aromatic carbocycles. The minimum atomic E-state index is -0.317. The number of phenolic OH excluding ortho intramolecular Hbond substituents is 1. The van der Waals surface area contributed by atoms with E-state index >= 15 is 0 Å². The predicted molar refractivity (Wildman–Crippen MR) is 105 cm³/mol. The molecule has 128 valence electrons. The second kappa shape index (κ2) is 7.48. The number of nitrogens with zero attached hydrogens (tertiary/aromatic N) is 1. The van der Waals surface area contributed by atoms with E-state index in [2.05, 4.69) is 10.3 Å². The van der Waals surface area contributed by atoms with Crippen molar-refractivity contribution in [3.63, 3.8) is 0 Å². The zero-order chi connectivity index (χ0) is 18.1. The van der Waals surface area contributed by atoms with Crippen LogP contribution in [0, 0.1) is 0 Å². The zero-order valence-corrected chi connectivity index (χ0v) is 16.0. The molecule has 0 atom stereocenters. The third kappa shape index (κ3) is 4.07. The quantitative estimate of drug-likeness (QED) is 0.579. The van der Waals surface area contributed by atoms with Crippen LogP contribution in [-0.2, 0) is 4.79 Å². The van der Waals surface area contributed by atoms with Crippen molar-refractivity contribution in [2.45, 2.75) is 0 Å². The van der Waals surface area contributed by atoms with E-state index in [1.165, 1.54) is 12.1 Å². The van der Waals surface area contributed by atoms with Crippen molar-refractivity contribution in [2.75, 3.05) is 0 Å². The highest BCUT2D eigenvalue weighted by Crippen LogP contribution is 2.36. The first-order valence-corrected chi connectivity index (χ1v) is 9.09. The normalized spacial score (nSPS) is 17.4. The van der Waals surface area contributed by atoms with Gasteiger partial charge >= 0.3 is 0 Å². The molecule has 4 nitrogen and oxygen atoms in total. The van der Waals surface area contributed by atoms with Crippen LogP contribution in [0.25, 0.3) is 6.08 Å². The van der Waals surface area contributed by atoms with Crippen molar-refractivity contribution in [2.24, 2.45) is 4.99 Å². The summed E-state index contributed by atoms with van der Waals surface area (Å²) >= 11 is 25.0. The van der Waals surface area contributed by atoms with Gasteiger partial charge in [0.1, 0.15) is 0 Å². The molecule has 3 rings (SSSR count). The Labute approximate surface area is 167 Å². The largest absolute Gasteiger partial charge is 0.505 e. The molecule has 0 unspecified atom stereocenters. The van der Waals surface area contributed by atoms with Crippen LogP contribution in [0.15, 0.2) is 40.2 Å². The molecule has 0 bridgehead atoms. The van der Waals surface area contributed by atoms with E-state index in [9.17, 15) is 9.90 Å². The Morgan fingerprint density at radius 2 is 1.76 bits per heavy atom. The van der Waals surface area contributed by atoms with Crippen molar-refractivity contribution in [3.05, 3.63) is 60.9 Å². The molecule has 2 N–H and O–H groups in total. The smallest absolute Gasteiger partial charge is 0.264 e. The number of aliphatic imine (C=N–C) groups is 1. The first-order valence-electron chi connectivity index (χ1n) is 6.77. The fourth-order valence-corrected chi connectivity index (χ4v) is 3.67. The molecule has 1 heterocycles. The van der Waals surface area contributed by atoms with Crippen molar-refractivity contribution in [3.8, 4) is 5.75 Å². The van der Waals surface area contributed by atoms with Gasteiger partial charge in [0.15, 0.2) is 10.9 Å². The minimum Gasteiger partial charge on any atom is -0.505 e. The summed E-state index contributed by atoms with van der Waals surface area (Å²) in [4.78, 5) is 16.8. The van der Waals surface area contributed by atoms with Gasteiger partial charge in [-0.1, -0.05) is 52.5 Å². The van der Waals surface area contributed by atoms with Crippen molar-refractivity contribution < 1.29 is 9.90 Å². The molecule has 0 saturated carbocycles. The third-order valence-electron chi connectivity index (χ3n) is 3.14. The molecule has 1 fully saturated rings. The molecule has 0 spiro atoms. The van der Waals surface area contributed by atoms with Gasteiger partial charge in [-0.3, -0.25) is 4.79 Å². The summed E-state index contributed by atoms with van der Waals surface area (Å²) in [5, 5.41) is 13.5. The number of phenols is 1. The van der Waals surface area contributed by atoms with E-state index in [0.29, 0.717) is 31.4 Å². The van der Waals surface area contributed by atoms with Crippen LogP contribution in [0.1, 0.15) is 5.56 Å². The van der Waals surface area contributed by atoms with E-state index in [-0.39, 0.29) is 21.7 Å². The molecule has 0 aromatic heterocycles. The number of benzene rings is 2. The maximum absolute atomic E-state index is 12.1. The van der Waals surface area contributed by atoms with Crippen LogP contribution in [0.2, 0.25) is 20.1 Å². The lowest BCUT2D eigenvalue weighted by molar-refractivity contribution is -0.115. The van der Waals surface area contributed by atoms with Crippen LogP contribution >= 0.6 is 58.2 Å². The van der Waals surface area contributed by atoms with E-state index in [1.807, 2.05) is 0 Å². The number of rotatable bonds is 2. The standard InChI is InChI=1S/C16H8Cl4N2O2S/c17-8-2-1-3-11(13(8)20)21-16-22-15(24)12(25-16)6-7-4-9(18)14(23)10(19)5-7/h1-6,23H,(H,21,22,24). The molecular formula is C16H8Cl4N2O2S. The number of carbonyl (C=O) groups excluding carboxylic acids is 1. The lowest BCUT2D eigenvalue weighted by Crippen LogP contribution is -2.19. The molecular weight excluding hydrogens is 426 g/mol. The minimum absolute atomic E-state index is 0.0994. The van der Waals surface area contributed by atoms with Gasteiger partial charge in [0.2, 0.25) is 0 Å². The fourth-order valence-electron chi connectivity index (χ4n) is 1.99.